The Balaban J connectivity index is 2.03. The fourth-order valence-electron chi connectivity index (χ4n) is 2.47. The van der Waals surface area contributed by atoms with E-state index in [1.807, 2.05) is 18.2 Å². The Morgan fingerprint density at radius 3 is 2.40 bits per heavy atom. The van der Waals surface area contributed by atoms with Gasteiger partial charge >= 0.3 is 0 Å². The van der Waals surface area contributed by atoms with Crippen LogP contribution in [0.2, 0.25) is 0 Å². The Morgan fingerprint density at radius 2 is 1.75 bits per heavy atom. The Hall–Kier alpha value is -1.64. The number of hydrogen-bond acceptors (Lipinski definition) is 2. The third kappa shape index (κ3) is 3.69. The second-order valence-electron chi connectivity index (χ2n) is 5.58. The molecule has 0 amide bonds. The number of benzene rings is 2. The Morgan fingerprint density at radius 1 is 1.05 bits per heavy atom. The van der Waals surface area contributed by atoms with E-state index in [2.05, 4.69) is 62.2 Å². The highest BCUT2D eigenvalue weighted by Gasteiger charge is 2.18. The molecule has 0 bridgehead atoms. The van der Waals surface area contributed by atoms with Crippen LogP contribution in [0, 0.1) is 6.92 Å². The summed E-state index contributed by atoms with van der Waals surface area (Å²) in [6.07, 6.45) is 0. The Bertz CT molecular complexity index is 536. The summed E-state index contributed by atoms with van der Waals surface area (Å²) in [5.74, 6) is 0. The van der Waals surface area contributed by atoms with Gasteiger partial charge in [-0.1, -0.05) is 60.2 Å². The maximum Gasteiger partial charge on any atom is 0.0450 e. The number of nitrogens with zero attached hydrogens (tertiary/aromatic N) is 1. The summed E-state index contributed by atoms with van der Waals surface area (Å²) in [7, 11) is 2.13. The molecule has 0 aromatic heterocycles. The first kappa shape index (κ1) is 14.8. The largest absolute Gasteiger partial charge is 0.323 e. The first-order chi connectivity index (χ1) is 9.58. The highest BCUT2D eigenvalue weighted by atomic mass is 15.1. The molecule has 0 heterocycles. The van der Waals surface area contributed by atoms with Crippen molar-refractivity contribution < 1.29 is 0 Å². The van der Waals surface area contributed by atoms with E-state index in [4.69, 9.17) is 5.73 Å². The molecule has 2 nitrogen and oxygen atoms in total. The minimum absolute atomic E-state index is 0.0333. The lowest BCUT2D eigenvalue weighted by molar-refractivity contribution is 0.219. The topological polar surface area (TPSA) is 29.3 Å². The van der Waals surface area contributed by atoms with Crippen LogP contribution in [0.25, 0.3) is 0 Å². The van der Waals surface area contributed by atoms with Crippen molar-refractivity contribution in [3.63, 3.8) is 0 Å². The first-order valence-corrected chi connectivity index (χ1v) is 7.14. The molecular formula is C18H24N2. The third-order valence-corrected chi connectivity index (χ3v) is 3.91. The van der Waals surface area contributed by atoms with Crippen LogP contribution in [0.5, 0.6) is 0 Å². The predicted molar refractivity (Wildman–Crippen MR) is 85.5 cm³/mol. The minimum atomic E-state index is 0.0333. The number of aryl methyl sites for hydroxylation is 1. The zero-order valence-corrected chi connectivity index (χ0v) is 12.6. The van der Waals surface area contributed by atoms with E-state index in [0.29, 0.717) is 0 Å². The molecule has 2 aromatic rings. The highest BCUT2D eigenvalue weighted by molar-refractivity contribution is 5.23. The molecule has 2 N–H and O–H groups in total. The van der Waals surface area contributed by atoms with Crippen LogP contribution in [0.3, 0.4) is 0 Å². The minimum Gasteiger partial charge on any atom is -0.323 e. The van der Waals surface area contributed by atoms with Gasteiger partial charge in [-0.25, -0.2) is 0 Å². The summed E-state index contributed by atoms with van der Waals surface area (Å²) in [5, 5.41) is 0. The van der Waals surface area contributed by atoms with Gasteiger partial charge in [0.15, 0.2) is 0 Å². The van der Waals surface area contributed by atoms with Crippen LogP contribution in [0.1, 0.15) is 29.7 Å². The van der Waals surface area contributed by atoms with Gasteiger partial charge in [-0.15, -0.1) is 0 Å². The average Bonchev–Trinajstić information content (AvgIpc) is 2.46. The van der Waals surface area contributed by atoms with Crippen LogP contribution in [-0.2, 0) is 6.54 Å². The normalized spacial score (nSPS) is 14.2. The van der Waals surface area contributed by atoms with E-state index in [1.165, 1.54) is 16.7 Å². The van der Waals surface area contributed by atoms with Gasteiger partial charge in [0.25, 0.3) is 0 Å². The molecule has 20 heavy (non-hydrogen) atoms. The summed E-state index contributed by atoms with van der Waals surface area (Å²) in [5.41, 5.74) is 10.2. The molecule has 106 valence electrons. The van der Waals surface area contributed by atoms with Gasteiger partial charge in [-0.05, 0) is 32.0 Å². The molecule has 2 heteroatoms. The molecular weight excluding hydrogens is 244 g/mol. The van der Waals surface area contributed by atoms with Gasteiger partial charge in [0.2, 0.25) is 0 Å². The Labute approximate surface area is 122 Å². The van der Waals surface area contributed by atoms with Crippen molar-refractivity contribution in [1.82, 2.24) is 4.90 Å². The van der Waals surface area contributed by atoms with Gasteiger partial charge < -0.3 is 5.73 Å². The fourth-order valence-corrected chi connectivity index (χ4v) is 2.47. The van der Waals surface area contributed by atoms with E-state index >= 15 is 0 Å². The van der Waals surface area contributed by atoms with Crippen LogP contribution < -0.4 is 5.73 Å². The number of rotatable bonds is 5. The lowest BCUT2D eigenvalue weighted by Gasteiger charge is -2.30. The van der Waals surface area contributed by atoms with Gasteiger partial charge in [-0.2, -0.15) is 0 Å². The van der Waals surface area contributed by atoms with Crippen molar-refractivity contribution in [2.45, 2.75) is 32.5 Å². The summed E-state index contributed by atoms with van der Waals surface area (Å²) in [6, 6.07) is 19.3. The van der Waals surface area contributed by atoms with E-state index in [-0.39, 0.29) is 12.1 Å². The molecule has 0 aliphatic rings. The van der Waals surface area contributed by atoms with Crippen LogP contribution in [0.15, 0.2) is 54.6 Å². The van der Waals surface area contributed by atoms with Crippen LogP contribution >= 0.6 is 0 Å². The maximum atomic E-state index is 6.38. The van der Waals surface area contributed by atoms with Gasteiger partial charge in [0.05, 0.1) is 0 Å². The third-order valence-electron chi connectivity index (χ3n) is 3.91. The molecule has 0 fully saturated rings. The van der Waals surface area contributed by atoms with Crippen molar-refractivity contribution in [1.29, 1.82) is 0 Å². The molecule has 2 rings (SSSR count). The quantitative estimate of drug-likeness (QED) is 0.899. The maximum absolute atomic E-state index is 6.38. The fraction of sp³-hybridized carbons (Fsp3) is 0.333. The summed E-state index contributed by atoms with van der Waals surface area (Å²) < 4.78 is 0. The monoisotopic (exact) mass is 268 g/mol. The lowest BCUT2D eigenvalue weighted by Crippen LogP contribution is -2.37. The standard InChI is InChI=1S/C18H24N2/c1-14-8-7-9-16(12-14)13-20(3)15(2)18(19)17-10-5-4-6-11-17/h4-12,15,18H,13,19H2,1-3H3. The smallest absolute Gasteiger partial charge is 0.0450 e. The molecule has 0 saturated carbocycles. The SMILES string of the molecule is Cc1cccc(CN(C)C(C)C(N)c2ccccc2)c1. The van der Waals surface area contributed by atoms with Crippen molar-refractivity contribution in [3.05, 3.63) is 71.3 Å². The summed E-state index contributed by atoms with van der Waals surface area (Å²) in [6.45, 7) is 5.24. The van der Waals surface area contributed by atoms with Crippen LogP contribution in [0.4, 0.5) is 0 Å². The van der Waals surface area contributed by atoms with Gasteiger partial charge in [-0.3, -0.25) is 4.90 Å². The number of likely N-dealkylation sites (N-methyl/N-ethyl adjacent to an activating group) is 1. The average molecular weight is 268 g/mol. The summed E-state index contributed by atoms with van der Waals surface area (Å²) in [4.78, 5) is 2.31. The molecule has 0 aliphatic heterocycles. The molecule has 2 aromatic carbocycles. The molecule has 2 unspecified atom stereocenters. The molecule has 0 radical (unpaired) electrons. The van der Waals surface area contributed by atoms with E-state index < -0.39 is 0 Å². The van der Waals surface area contributed by atoms with Crippen molar-refractivity contribution >= 4 is 0 Å². The Kier molecular flexibility index (Phi) is 4.94. The van der Waals surface area contributed by atoms with E-state index in [0.717, 1.165) is 6.54 Å². The zero-order chi connectivity index (χ0) is 14.5. The molecule has 0 aliphatic carbocycles. The van der Waals surface area contributed by atoms with E-state index in [9.17, 15) is 0 Å². The molecule has 0 spiro atoms. The van der Waals surface area contributed by atoms with Crippen molar-refractivity contribution in [2.24, 2.45) is 5.73 Å². The second kappa shape index (κ2) is 6.69. The van der Waals surface area contributed by atoms with Gasteiger partial charge in [0, 0.05) is 18.6 Å². The number of hydrogen-bond donors (Lipinski definition) is 1. The predicted octanol–water partition coefficient (Wildman–Crippen LogP) is 3.52. The van der Waals surface area contributed by atoms with Crippen molar-refractivity contribution in [2.75, 3.05) is 7.05 Å². The molecule has 0 saturated heterocycles. The van der Waals surface area contributed by atoms with Gasteiger partial charge in [0.1, 0.15) is 0 Å². The molecule has 2 atom stereocenters. The lowest BCUT2D eigenvalue weighted by atomic mass is 10.00. The van der Waals surface area contributed by atoms with Crippen LogP contribution in [-0.4, -0.2) is 18.0 Å². The summed E-state index contributed by atoms with van der Waals surface area (Å²) >= 11 is 0. The van der Waals surface area contributed by atoms with Crippen molar-refractivity contribution in [3.8, 4) is 0 Å². The first-order valence-electron chi connectivity index (χ1n) is 7.14. The number of nitrogens with two attached hydrogens (primary N) is 1. The second-order valence-corrected chi connectivity index (χ2v) is 5.58. The zero-order valence-electron chi connectivity index (χ0n) is 12.6. The highest BCUT2D eigenvalue weighted by Crippen LogP contribution is 2.19. The van der Waals surface area contributed by atoms with E-state index in [1.54, 1.807) is 0 Å².